The topological polar surface area (TPSA) is 63.6 Å². The zero-order valence-corrected chi connectivity index (χ0v) is 8.63. The van der Waals surface area contributed by atoms with Crippen molar-refractivity contribution >= 4 is 22.2 Å². The molecule has 10 heteroatoms. The smallest absolute Gasteiger partial charge is 0.428 e. The number of carbonyl (C=O) groups is 1. The fourth-order valence-electron chi connectivity index (χ4n) is 1.04. The van der Waals surface area contributed by atoms with E-state index in [2.05, 4.69) is 0 Å². The van der Waals surface area contributed by atoms with Gasteiger partial charge < -0.3 is 10.2 Å². The van der Waals surface area contributed by atoms with Gasteiger partial charge in [0, 0.05) is 0 Å². The first-order chi connectivity index (χ1) is 7.31. The summed E-state index contributed by atoms with van der Waals surface area (Å²) >= 11 is 0. The molecule has 0 spiro atoms. The molecule has 0 aliphatic rings. The quantitative estimate of drug-likeness (QED) is 0.842. The fourth-order valence-corrected chi connectivity index (χ4v) is 1.85. The van der Waals surface area contributed by atoms with Crippen molar-refractivity contribution in [2.75, 3.05) is 4.31 Å². The lowest BCUT2D eigenvalue weighted by molar-refractivity contribution is -0.268. The van der Waals surface area contributed by atoms with E-state index in [-0.39, 0.29) is 0 Å². The van der Waals surface area contributed by atoms with Crippen LogP contribution >= 0.6 is 10.4 Å². The van der Waals surface area contributed by atoms with Crippen molar-refractivity contribution in [3.63, 3.8) is 0 Å². The maximum Gasteiger partial charge on any atom is 0.428 e. The largest absolute Gasteiger partial charge is 0.872 e. The van der Waals surface area contributed by atoms with Crippen molar-refractivity contribution in [2.24, 2.45) is 0 Å². The molecule has 0 aliphatic heterocycles. The lowest BCUT2D eigenvalue weighted by atomic mass is 10.3. The van der Waals surface area contributed by atoms with Gasteiger partial charge in [-0.3, -0.25) is 0 Å². The van der Waals surface area contributed by atoms with Crippen LogP contribution in [0.1, 0.15) is 0 Å². The van der Waals surface area contributed by atoms with Gasteiger partial charge in [0.25, 0.3) is 0 Å². The Morgan fingerprint density at radius 1 is 1.12 bits per heavy atom. The highest BCUT2D eigenvalue weighted by Gasteiger charge is 2.72. The van der Waals surface area contributed by atoms with Crippen molar-refractivity contribution in [2.45, 2.75) is 0 Å². The standard InChI is InChI=1S/C7H6F5NO3S/c8-17(9,10,11,12)13(7(15)16)5-1-3-6(14)4-2-5/h1-4,14H,(H,15,16)/p-1. The Kier molecular flexibility index (Phi) is 2.31. The Labute approximate surface area is 91.7 Å². The summed E-state index contributed by atoms with van der Waals surface area (Å²) in [6.45, 7) is 0. The minimum Gasteiger partial charge on any atom is -0.872 e. The van der Waals surface area contributed by atoms with Crippen molar-refractivity contribution in [1.29, 1.82) is 0 Å². The Bertz CT molecular complexity index is 456. The molecule has 1 amide bonds. The molecule has 98 valence electrons. The van der Waals surface area contributed by atoms with E-state index in [1.54, 1.807) is 0 Å². The molecule has 1 aromatic carbocycles. The number of nitrogens with zero attached hydrogens (tertiary/aromatic N) is 1. The molecule has 1 aromatic rings. The molecule has 0 saturated heterocycles. The molecule has 17 heavy (non-hydrogen) atoms. The molecule has 4 nitrogen and oxygen atoms in total. The van der Waals surface area contributed by atoms with Crippen molar-refractivity contribution in [3.05, 3.63) is 24.3 Å². The maximum absolute atomic E-state index is 12.4. The molecule has 0 aromatic heterocycles. The third-order valence-corrected chi connectivity index (χ3v) is 2.65. The summed E-state index contributed by atoms with van der Waals surface area (Å²) in [7, 11) is -10.4. The highest BCUT2D eigenvalue weighted by atomic mass is 32.5. The van der Waals surface area contributed by atoms with Crippen LogP contribution in [0.5, 0.6) is 5.75 Å². The van der Waals surface area contributed by atoms with E-state index in [1.165, 1.54) is 0 Å². The van der Waals surface area contributed by atoms with E-state index in [0.29, 0.717) is 24.3 Å². The Balaban J connectivity index is 3.41. The monoisotopic (exact) mass is 278 g/mol. The van der Waals surface area contributed by atoms with Gasteiger partial charge in [-0.15, -0.1) is 10.1 Å². The van der Waals surface area contributed by atoms with Crippen molar-refractivity contribution < 1.29 is 34.4 Å². The lowest BCUT2D eigenvalue weighted by Gasteiger charge is -2.47. The summed E-state index contributed by atoms with van der Waals surface area (Å²) in [5.41, 5.74) is -1.34. The molecule has 1 rings (SSSR count). The molecular weight excluding hydrogens is 273 g/mol. The normalized spacial score (nSPS) is 15.8. The van der Waals surface area contributed by atoms with Crippen LogP contribution in [-0.2, 0) is 0 Å². The van der Waals surface area contributed by atoms with Gasteiger partial charge in [0.05, 0.1) is 5.69 Å². The summed E-state index contributed by atoms with van der Waals surface area (Å²) in [5, 5.41) is 18.8. The van der Waals surface area contributed by atoms with Crippen LogP contribution < -0.4 is 9.41 Å². The fraction of sp³-hybridized carbons (Fsp3) is 0. The molecule has 0 unspecified atom stereocenters. The van der Waals surface area contributed by atoms with Crippen molar-refractivity contribution in [1.82, 2.24) is 0 Å². The van der Waals surface area contributed by atoms with Gasteiger partial charge in [0.15, 0.2) is 0 Å². The summed E-state index contributed by atoms with van der Waals surface area (Å²) in [4.78, 5) is 10.3. The molecule has 0 saturated carbocycles. The van der Waals surface area contributed by atoms with Crippen LogP contribution in [0.4, 0.5) is 29.9 Å². The number of hydrogen-bond acceptors (Lipinski definition) is 2. The molecule has 0 radical (unpaired) electrons. The predicted molar refractivity (Wildman–Crippen MR) is 49.5 cm³/mol. The molecular formula is C7H5F5NO3S-. The summed E-state index contributed by atoms with van der Waals surface area (Å²) in [6, 6.07) is 1.81. The molecule has 1 N–H and O–H groups in total. The van der Waals surface area contributed by atoms with E-state index < -0.39 is 32.2 Å². The molecule has 0 heterocycles. The Hall–Kier alpha value is -1.71. The SMILES string of the molecule is O=C(O)N(c1ccc([O-])cc1)S(F)(F)(F)(F)F. The van der Waals surface area contributed by atoms with Crippen LogP contribution in [0.15, 0.2) is 24.3 Å². The number of halogens is 5. The first-order valence-electron chi connectivity index (χ1n) is 3.85. The first-order valence-corrected chi connectivity index (χ1v) is 5.76. The summed E-state index contributed by atoms with van der Waals surface area (Å²) in [6.07, 6.45) is -2.87. The molecule has 0 atom stereocenters. The van der Waals surface area contributed by atoms with Crippen molar-refractivity contribution in [3.8, 4) is 5.75 Å². The second kappa shape index (κ2) is 2.94. The number of carboxylic acid groups (broad SMARTS) is 1. The van der Waals surface area contributed by atoms with Crippen LogP contribution in [0, 0.1) is 0 Å². The number of amides is 1. The zero-order valence-electron chi connectivity index (χ0n) is 7.82. The molecule has 0 fully saturated rings. The minimum absolute atomic E-state index is 0.356. The molecule has 0 aliphatic carbocycles. The number of benzene rings is 1. The van der Waals surface area contributed by atoms with E-state index in [0.717, 1.165) is 0 Å². The van der Waals surface area contributed by atoms with E-state index in [9.17, 15) is 29.3 Å². The number of hydrogen-bond donors (Lipinski definition) is 1. The first kappa shape index (κ1) is 13.4. The summed E-state index contributed by atoms with van der Waals surface area (Å²) < 4.78 is 60.0. The highest BCUT2D eigenvalue weighted by Crippen LogP contribution is 2.99. The Morgan fingerprint density at radius 2 is 1.53 bits per heavy atom. The highest BCUT2D eigenvalue weighted by molar-refractivity contribution is 8.47. The second-order valence-corrected chi connectivity index (χ2v) is 5.22. The van der Waals surface area contributed by atoms with E-state index >= 15 is 0 Å². The third kappa shape index (κ3) is 3.12. The van der Waals surface area contributed by atoms with E-state index in [4.69, 9.17) is 5.11 Å². The van der Waals surface area contributed by atoms with Crippen LogP contribution in [0.25, 0.3) is 0 Å². The summed E-state index contributed by atoms with van der Waals surface area (Å²) in [5.74, 6) is -0.735. The predicted octanol–water partition coefficient (Wildman–Crippen LogP) is 3.46. The zero-order chi connectivity index (χ0) is 13.5. The maximum atomic E-state index is 12.4. The van der Waals surface area contributed by atoms with Crippen LogP contribution in [-0.4, -0.2) is 11.2 Å². The number of anilines is 1. The molecule has 0 bridgehead atoms. The van der Waals surface area contributed by atoms with Gasteiger partial charge in [0.1, 0.15) is 0 Å². The van der Waals surface area contributed by atoms with Gasteiger partial charge >= 0.3 is 16.5 Å². The average molecular weight is 278 g/mol. The van der Waals surface area contributed by atoms with Gasteiger partial charge in [-0.1, -0.05) is 31.6 Å². The van der Waals surface area contributed by atoms with Gasteiger partial charge in [-0.05, 0) is 12.1 Å². The number of rotatable bonds is 2. The van der Waals surface area contributed by atoms with E-state index in [1.807, 2.05) is 0 Å². The van der Waals surface area contributed by atoms with Crippen LogP contribution in [0.3, 0.4) is 0 Å². The van der Waals surface area contributed by atoms with Gasteiger partial charge in [-0.25, -0.2) is 4.79 Å². The lowest BCUT2D eigenvalue weighted by Crippen LogP contribution is -2.38. The van der Waals surface area contributed by atoms with Gasteiger partial charge in [0.2, 0.25) is 0 Å². The third-order valence-electron chi connectivity index (χ3n) is 1.59. The Morgan fingerprint density at radius 3 is 1.82 bits per heavy atom. The second-order valence-electron chi connectivity index (χ2n) is 3.00. The van der Waals surface area contributed by atoms with Crippen LogP contribution in [0.2, 0.25) is 0 Å². The average Bonchev–Trinajstić information content (AvgIpc) is 2.03. The van der Waals surface area contributed by atoms with Gasteiger partial charge in [-0.2, -0.15) is 0 Å². The minimum atomic E-state index is -10.4.